The fourth-order valence-corrected chi connectivity index (χ4v) is 2.80. The van der Waals surface area contributed by atoms with Gasteiger partial charge in [-0.25, -0.2) is 9.97 Å². The number of aryl methyl sites for hydroxylation is 1. The standard InChI is InChI=1S/C11H12BrN3S/c1-3-13-10-4-5-14-11(15-10)9-6-8(12)7(2)16-9/h4-6H,3H2,1-2H3,(H,13,14,15). The summed E-state index contributed by atoms with van der Waals surface area (Å²) in [5, 5.41) is 3.18. The Hall–Kier alpha value is -0.940. The second-order valence-corrected chi connectivity index (χ2v) is 5.42. The summed E-state index contributed by atoms with van der Waals surface area (Å²) < 4.78 is 1.12. The van der Waals surface area contributed by atoms with Crippen molar-refractivity contribution in [3.63, 3.8) is 0 Å². The van der Waals surface area contributed by atoms with Gasteiger partial charge in [0.15, 0.2) is 5.82 Å². The lowest BCUT2D eigenvalue weighted by Crippen LogP contribution is -2.00. The van der Waals surface area contributed by atoms with Crippen molar-refractivity contribution in [2.75, 3.05) is 11.9 Å². The molecule has 0 spiro atoms. The highest BCUT2D eigenvalue weighted by Gasteiger charge is 2.08. The Morgan fingerprint density at radius 2 is 2.31 bits per heavy atom. The Morgan fingerprint density at radius 3 is 2.94 bits per heavy atom. The molecular weight excluding hydrogens is 286 g/mol. The smallest absolute Gasteiger partial charge is 0.171 e. The summed E-state index contributed by atoms with van der Waals surface area (Å²) in [7, 11) is 0. The average Bonchev–Trinajstić information content (AvgIpc) is 2.60. The third-order valence-corrected chi connectivity index (χ3v) is 4.22. The minimum absolute atomic E-state index is 0.775. The van der Waals surface area contributed by atoms with Gasteiger partial charge in [-0.3, -0.25) is 0 Å². The van der Waals surface area contributed by atoms with Crippen molar-refractivity contribution < 1.29 is 0 Å². The minimum atomic E-state index is 0.775. The zero-order valence-electron chi connectivity index (χ0n) is 9.12. The number of anilines is 1. The second kappa shape index (κ2) is 4.93. The molecule has 3 nitrogen and oxygen atoms in total. The summed E-state index contributed by atoms with van der Waals surface area (Å²) >= 11 is 5.20. The van der Waals surface area contributed by atoms with Crippen LogP contribution in [-0.2, 0) is 0 Å². The van der Waals surface area contributed by atoms with E-state index in [0.29, 0.717) is 0 Å². The lowest BCUT2D eigenvalue weighted by molar-refractivity contribution is 1.12. The van der Waals surface area contributed by atoms with Gasteiger partial charge in [0.2, 0.25) is 0 Å². The topological polar surface area (TPSA) is 37.8 Å². The van der Waals surface area contributed by atoms with Gasteiger partial charge in [0.1, 0.15) is 5.82 Å². The Labute approximate surface area is 107 Å². The van der Waals surface area contributed by atoms with E-state index in [-0.39, 0.29) is 0 Å². The molecule has 0 aliphatic rings. The summed E-state index contributed by atoms with van der Waals surface area (Å²) in [6, 6.07) is 3.94. The molecular formula is C11H12BrN3S. The first-order chi connectivity index (χ1) is 7.70. The van der Waals surface area contributed by atoms with E-state index in [9.17, 15) is 0 Å². The molecule has 0 unspecified atom stereocenters. The van der Waals surface area contributed by atoms with Crippen molar-refractivity contribution in [1.82, 2.24) is 9.97 Å². The molecule has 0 amide bonds. The van der Waals surface area contributed by atoms with Gasteiger partial charge in [0.05, 0.1) is 4.88 Å². The fraction of sp³-hybridized carbons (Fsp3) is 0.273. The van der Waals surface area contributed by atoms with Crippen LogP contribution in [0, 0.1) is 6.92 Å². The highest BCUT2D eigenvalue weighted by atomic mass is 79.9. The number of nitrogens with zero attached hydrogens (tertiary/aromatic N) is 2. The number of rotatable bonds is 3. The van der Waals surface area contributed by atoms with Crippen LogP contribution in [0.25, 0.3) is 10.7 Å². The van der Waals surface area contributed by atoms with E-state index in [1.54, 1.807) is 17.5 Å². The molecule has 5 heteroatoms. The van der Waals surface area contributed by atoms with E-state index in [1.807, 2.05) is 13.0 Å². The summed E-state index contributed by atoms with van der Waals surface area (Å²) in [6.45, 7) is 4.99. The predicted octanol–water partition coefficient (Wildman–Crippen LogP) is 3.71. The molecule has 2 rings (SSSR count). The number of hydrogen-bond acceptors (Lipinski definition) is 4. The van der Waals surface area contributed by atoms with E-state index in [1.165, 1.54) is 4.88 Å². The van der Waals surface area contributed by atoms with Crippen LogP contribution in [-0.4, -0.2) is 16.5 Å². The normalized spacial score (nSPS) is 10.4. The lowest BCUT2D eigenvalue weighted by Gasteiger charge is -2.02. The van der Waals surface area contributed by atoms with Crippen molar-refractivity contribution in [3.8, 4) is 10.7 Å². The van der Waals surface area contributed by atoms with E-state index >= 15 is 0 Å². The lowest BCUT2D eigenvalue weighted by atomic mass is 10.4. The number of halogens is 1. The SMILES string of the molecule is CCNc1ccnc(-c2cc(Br)c(C)s2)n1. The highest BCUT2D eigenvalue weighted by molar-refractivity contribution is 9.10. The Kier molecular flexibility index (Phi) is 3.56. The molecule has 16 heavy (non-hydrogen) atoms. The number of aromatic nitrogens is 2. The molecule has 1 N–H and O–H groups in total. The van der Waals surface area contributed by atoms with Crippen LogP contribution in [0.15, 0.2) is 22.8 Å². The van der Waals surface area contributed by atoms with Crippen molar-refractivity contribution in [1.29, 1.82) is 0 Å². The summed E-state index contributed by atoms with van der Waals surface area (Å²) in [5.74, 6) is 1.65. The van der Waals surface area contributed by atoms with Crippen LogP contribution < -0.4 is 5.32 Å². The molecule has 0 aromatic carbocycles. The molecule has 0 fully saturated rings. The monoisotopic (exact) mass is 297 g/mol. The van der Waals surface area contributed by atoms with Crippen molar-refractivity contribution >= 4 is 33.1 Å². The van der Waals surface area contributed by atoms with E-state index in [0.717, 1.165) is 27.5 Å². The van der Waals surface area contributed by atoms with Crippen LogP contribution in [0.2, 0.25) is 0 Å². The highest BCUT2D eigenvalue weighted by Crippen LogP contribution is 2.32. The molecule has 0 bridgehead atoms. The van der Waals surface area contributed by atoms with E-state index < -0.39 is 0 Å². The molecule has 2 aromatic rings. The van der Waals surface area contributed by atoms with Crippen LogP contribution in [0.5, 0.6) is 0 Å². The van der Waals surface area contributed by atoms with Gasteiger partial charge in [-0.2, -0.15) is 0 Å². The summed E-state index contributed by atoms with van der Waals surface area (Å²) in [5.41, 5.74) is 0. The van der Waals surface area contributed by atoms with Gasteiger partial charge in [-0.05, 0) is 41.9 Å². The first-order valence-electron chi connectivity index (χ1n) is 5.04. The minimum Gasteiger partial charge on any atom is -0.370 e. The zero-order valence-corrected chi connectivity index (χ0v) is 11.5. The van der Waals surface area contributed by atoms with Crippen LogP contribution >= 0.6 is 27.3 Å². The molecule has 2 heterocycles. The molecule has 0 aliphatic carbocycles. The third kappa shape index (κ3) is 2.41. The van der Waals surface area contributed by atoms with Gasteiger partial charge in [0, 0.05) is 22.1 Å². The van der Waals surface area contributed by atoms with Gasteiger partial charge in [0.25, 0.3) is 0 Å². The molecule has 0 saturated carbocycles. The maximum Gasteiger partial charge on any atom is 0.171 e. The zero-order chi connectivity index (χ0) is 11.5. The van der Waals surface area contributed by atoms with Crippen molar-refractivity contribution in [2.45, 2.75) is 13.8 Å². The fourth-order valence-electron chi connectivity index (χ4n) is 1.33. The molecule has 0 atom stereocenters. The average molecular weight is 298 g/mol. The maximum atomic E-state index is 4.45. The number of nitrogens with one attached hydrogen (secondary N) is 1. The first-order valence-corrected chi connectivity index (χ1v) is 6.65. The first kappa shape index (κ1) is 11.5. The van der Waals surface area contributed by atoms with Gasteiger partial charge >= 0.3 is 0 Å². The molecule has 84 valence electrons. The Bertz CT molecular complexity index is 476. The third-order valence-electron chi connectivity index (χ3n) is 2.09. The van der Waals surface area contributed by atoms with Gasteiger partial charge in [-0.15, -0.1) is 11.3 Å². The molecule has 0 radical (unpaired) electrons. The van der Waals surface area contributed by atoms with E-state index in [4.69, 9.17) is 0 Å². The van der Waals surface area contributed by atoms with Crippen LogP contribution in [0.3, 0.4) is 0 Å². The van der Waals surface area contributed by atoms with Gasteiger partial charge in [-0.1, -0.05) is 0 Å². The summed E-state index contributed by atoms with van der Waals surface area (Å²) in [4.78, 5) is 11.1. The van der Waals surface area contributed by atoms with Crippen LogP contribution in [0.4, 0.5) is 5.82 Å². The van der Waals surface area contributed by atoms with E-state index in [2.05, 4.69) is 44.2 Å². The molecule has 0 aliphatic heterocycles. The van der Waals surface area contributed by atoms with Gasteiger partial charge < -0.3 is 5.32 Å². The second-order valence-electron chi connectivity index (χ2n) is 3.31. The predicted molar refractivity (Wildman–Crippen MR) is 71.9 cm³/mol. The molecule has 0 saturated heterocycles. The quantitative estimate of drug-likeness (QED) is 0.938. The number of thiophene rings is 1. The summed E-state index contributed by atoms with van der Waals surface area (Å²) in [6.07, 6.45) is 1.78. The largest absolute Gasteiger partial charge is 0.370 e. The van der Waals surface area contributed by atoms with Crippen molar-refractivity contribution in [2.24, 2.45) is 0 Å². The Balaban J connectivity index is 2.36. The molecule has 2 aromatic heterocycles. The van der Waals surface area contributed by atoms with Crippen molar-refractivity contribution in [3.05, 3.63) is 27.7 Å². The Morgan fingerprint density at radius 1 is 1.50 bits per heavy atom. The number of hydrogen-bond donors (Lipinski definition) is 1. The van der Waals surface area contributed by atoms with Crippen LogP contribution in [0.1, 0.15) is 11.8 Å². The maximum absolute atomic E-state index is 4.45.